The third kappa shape index (κ3) is 6.00. The third-order valence-corrected chi connectivity index (χ3v) is 7.69. The van der Waals surface area contributed by atoms with Crippen LogP contribution in [0.5, 0.6) is 5.75 Å². The Balaban J connectivity index is 1.30. The summed E-state index contributed by atoms with van der Waals surface area (Å²) in [6.07, 6.45) is 0.372. The highest BCUT2D eigenvalue weighted by Gasteiger charge is 2.48. The molecule has 0 unspecified atom stereocenters. The van der Waals surface area contributed by atoms with Gasteiger partial charge in [-0.05, 0) is 54.1 Å². The molecule has 3 aromatic rings. The Kier molecular flexibility index (Phi) is 7.74. The van der Waals surface area contributed by atoms with Crippen molar-refractivity contribution >= 4 is 11.8 Å². The van der Waals surface area contributed by atoms with E-state index < -0.39 is 42.0 Å². The van der Waals surface area contributed by atoms with Gasteiger partial charge in [0.25, 0.3) is 0 Å². The van der Waals surface area contributed by atoms with E-state index in [1.807, 2.05) is 0 Å². The lowest BCUT2D eigenvalue weighted by Crippen LogP contribution is -2.65. The first-order valence-electron chi connectivity index (χ1n) is 12.8. The van der Waals surface area contributed by atoms with E-state index in [2.05, 4.69) is 0 Å². The maximum absolute atomic E-state index is 14.7. The van der Waals surface area contributed by atoms with Crippen molar-refractivity contribution in [1.29, 1.82) is 0 Å². The molecule has 0 aromatic heterocycles. The summed E-state index contributed by atoms with van der Waals surface area (Å²) in [5, 5.41) is 0. The number of rotatable bonds is 8. The van der Waals surface area contributed by atoms with Crippen molar-refractivity contribution in [3.8, 4) is 5.75 Å². The van der Waals surface area contributed by atoms with Gasteiger partial charge >= 0.3 is 6.09 Å². The van der Waals surface area contributed by atoms with Gasteiger partial charge in [-0.2, -0.15) is 0 Å². The Labute approximate surface area is 222 Å². The van der Waals surface area contributed by atoms with E-state index in [1.54, 1.807) is 12.1 Å². The van der Waals surface area contributed by atoms with E-state index in [9.17, 15) is 26.7 Å². The summed E-state index contributed by atoms with van der Waals surface area (Å²) >= 11 is 0. The molecule has 0 spiro atoms. The highest BCUT2D eigenvalue weighted by molar-refractivity contribution is 5.87. The molecule has 3 saturated heterocycles. The topological polar surface area (TPSA) is 38.8 Å². The van der Waals surface area contributed by atoms with Crippen LogP contribution in [0.25, 0.3) is 0 Å². The number of fused-ring (bicyclic) bond motifs is 3. The molecular formula is C29H28F5N2O3+. The molecule has 6 rings (SSSR count). The molecule has 39 heavy (non-hydrogen) atoms. The lowest BCUT2D eigenvalue weighted by atomic mass is 9.83. The zero-order valence-electron chi connectivity index (χ0n) is 21.1. The normalized spacial score (nSPS) is 22.0. The minimum absolute atomic E-state index is 0.0537. The predicted octanol–water partition coefficient (Wildman–Crippen LogP) is 6.21. The number of halogens is 5. The molecule has 5 nitrogen and oxygen atoms in total. The summed E-state index contributed by atoms with van der Waals surface area (Å²) in [5.41, 5.74) is -0.174. The molecular weight excluding hydrogens is 519 g/mol. The van der Waals surface area contributed by atoms with Crippen molar-refractivity contribution in [3.05, 3.63) is 95.3 Å². The number of para-hydroxylation sites is 1. The molecule has 2 bridgehead atoms. The van der Waals surface area contributed by atoms with Crippen LogP contribution >= 0.6 is 0 Å². The summed E-state index contributed by atoms with van der Waals surface area (Å²) in [7, 11) is 0. The average molecular weight is 548 g/mol. The molecule has 1 amide bonds. The van der Waals surface area contributed by atoms with Crippen LogP contribution in [0.1, 0.15) is 18.4 Å². The zero-order chi connectivity index (χ0) is 27.6. The number of anilines is 1. The molecule has 206 valence electrons. The molecule has 3 aliphatic heterocycles. The fraction of sp³-hybridized carbons (Fsp3) is 0.345. The Bertz CT molecular complexity index is 1310. The molecule has 0 saturated carbocycles. The van der Waals surface area contributed by atoms with E-state index in [0.29, 0.717) is 29.9 Å². The Morgan fingerprint density at radius 3 is 2.23 bits per heavy atom. The van der Waals surface area contributed by atoms with Crippen molar-refractivity contribution in [1.82, 2.24) is 0 Å². The zero-order valence-corrected chi connectivity index (χ0v) is 21.1. The van der Waals surface area contributed by atoms with E-state index in [0.717, 1.165) is 49.0 Å². The fourth-order valence-corrected chi connectivity index (χ4v) is 5.55. The van der Waals surface area contributed by atoms with Gasteiger partial charge in [-0.25, -0.2) is 26.7 Å². The van der Waals surface area contributed by atoms with Crippen LogP contribution in [0, 0.1) is 35.0 Å². The standard InChI is InChI=1S/C29H28F5N2O3/c30-21-5-7-22(8-6-21)38-14-13-36-11-9-20(10-12-36)27(18-36)39-29(37)35(26-4-2-1-3-23(26)31)17-19-15-24(32)28(34)25(33)16-19/h1-8,15-16,20,27H,9-14,17-18H2/q+1/t20?,27-,36?/m0/s1. The number of carbonyl (C=O) groups excluding carboxylic acids is 1. The summed E-state index contributed by atoms with van der Waals surface area (Å²) in [5.74, 6) is -4.78. The van der Waals surface area contributed by atoms with Crippen molar-refractivity contribution < 1.29 is 40.7 Å². The minimum Gasteiger partial charge on any atom is -0.488 e. The molecule has 3 fully saturated rings. The van der Waals surface area contributed by atoms with E-state index in [-0.39, 0.29) is 23.0 Å². The first-order chi connectivity index (χ1) is 18.7. The Morgan fingerprint density at radius 2 is 1.56 bits per heavy atom. The van der Waals surface area contributed by atoms with E-state index in [4.69, 9.17) is 9.47 Å². The third-order valence-electron chi connectivity index (χ3n) is 7.69. The molecule has 3 aliphatic rings. The molecule has 0 N–H and O–H groups in total. The van der Waals surface area contributed by atoms with Crippen molar-refractivity contribution in [2.45, 2.75) is 25.5 Å². The van der Waals surface area contributed by atoms with Crippen LogP contribution in [0.3, 0.4) is 0 Å². The minimum atomic E-state index is -1.62. The smallest absolute Gasteiger partial charge is 0.415 e. The van der Waals surface area contributed by atoms with Gasteiger partial charge in [-0.3, -0.25) is 4.90 Å². The molecule has 3 aromatic carbocycles. The number of carbonyl (C=O) groups is 1. The number of hydrogen-bond acceptors (Lipinski definition) is 3. The number of ether oxygens (including phenoxy) is 2. The molecule has 1 atom stereocenters. The number of amides is 1. The van der Waals surface area contributed by atoms with Crippen LogP contribution < -0.4 is 9.64 Å². The number of nitrogens with zero attached hydrogens (tertiary/aromatic N) is 2. The van der Waals surface area contributed by atoms with Gasteiger partial charge in [0.05, 0.1) is 25.3 Å². The number of piperidine rings is 3. The van der Waals surface area contributed by atoms with Crippen LogP contribution in [-0.2, 0) is 11.3 Å². The van der Waals surface area contributed by atoms with Crippen LogP contribution in [0.15, 0.2) is 60.7 Å². The average Bonchev–Trinajstić information content (AvgIpc) is 2.92. The second-order valence-corrected chi connectivity index (χ2v) is 10.2. The van der Waals surface area contributed by atoms with Crippen LogP contribution in [-0.4, -0.2) is 49.5 Å². The highest BCUT2D eigenvalue weighted by Crippen LogP contribution is 2.36. The lowest BCUT2D eigenvalue weighted by Gasteiger charge is -2.52. The van der Waals surface area contributed by atoms with Gasteiger partial charge < -0.3 is 14.0 Å². The van der Waals surface area contributed by atoms with Gasteiger partial charge in [0, 0.05) is 18.8 Å². The van der Waals surface area contributed by atoms with Crippen molar-refractivity contribution in [3.63, 3.8) is 0 Å². The first-order valence-corrected chi connectivity index (χ1v) is 12.8. The maximum Gasteiger partial charge on any atom is 0.415 e. The molecule has 0 aliphatic carbocycles. The Morgan fingerprint density at radius 1 is 0.897 bits per heavy atom. The SMILES string of the molecule is O=C(O[C@H]1C[N+]2(CCOc3ccc(F)cc3)CCC1CC2)N(Cc1cc(F)c(F)c(F)c1)c1ccccc1F. The monoisotopic (exact) mass is 547 g/mol. The van der Waals surface area contributed by atoms with E-state index in [1.165, 1.54) is 30.3 Å². The first kappa shape index (κ1) is 26.9. The Hall–Kier alpha value is -3.66. The quantitative estimate of drug-likeness (QED) is 0.191. The second kappa shape index (κ2) is 11.2. The summed E-state index contributed by atoms with van der Waals surface area (Å²) in [4.78, 5) is 14.4. The summed E-state index contributed by atoms with van der Waals surface area (Å²) in [6, 6.07) is 12.9. The van der Waals surface area contributed by atoms with Crippen molar-refractivity contribution in [2.75, 3.05) is 37.7 Å². The summed E-state index contributed by atoms with van der Waals surface area (Å²) < 4.78 is 81.5. The van der Waals surface area contributed by atoms with Gasteiger partial charge in [0.2, 0.25) is 0 Å². The number of benzene rings is 3. The largest absolute Gasteiger partial charge is 0.488 e. The van der Waals surface area contributed by atoms with Gasteiger partial charge in [0.1, 0.15) is 37.1 Å². The van der Waals surface area contributed by atoms with Crippen LogP contribution in [0.2, 0.25) is 0 Å². The highest BCUT2D eigenvalue weighted by atomic mass is 19.2. The van der Waals surface area contributed by atoms with Gasteiger partial charge in [-0.15, -0.1) is 0 Å². The van der Waals surface area contributed by atoms with Gasteiger partial charge in [0.15, 0.2) is 23.6 Å². The molecule has 3 heterocycles. The van der Waals surface area contributed by atoms with Gasteiger partial charge in [-0.1, -0.05) is 12.1 Å². The predicted molar refractivity (Wildman–Crippen MR) is 134 cm³/mol. The molecule has 0 radical (unpaired) electrons. The van der Waals surface area contributed by atoms with Crippen LogP contribution in [0.4, 0.5) is 32.4 Å². The lowest BCUT2D eigenvalue weighted by molar-refractivity contribution is -0.946. The fourth-order valence-electron chi connectivity index (χ4n) is 5.55. The van der Waals surface area contributed by atoms with E-state index >= 15 is 0 Å². The summed E-state index contributed by atoms with van der Waals surface area (Å²) in [6.45, 7) is 3.00. The van der Waals surface area contributed by atoms with Crippen molar-refractivity contribution in [2.24, 2.45) is 5.92 Å². The number of quaternary nitrogens is 1. The maximum atomic E-state index is 14.7. The molecule has 10 heteroatoms. The second-order valence-electron chi connectivity index (χ2n) is 10.2. The number of hydrogen-bond donors (Lipinski definition) is 0.